The molecule has 0 amide bonds. The molecule has 0 fully saturated rings. The summed E-state index contributed by atoms with van der Waals surface area (Å²) in [5.41, 5.74) is 5.86. The van der Waals surface area contributed by atoms with Crippen molar-refractivity contribution >= 4 is 27.4 Å². The van der Waals surface area contributed by atoms with Crippen LogP contribution in [0.15, 0.2) is 151 Å². The van der Waals surface area contributed by atoms with Crippen molar-refractivity contribution in [2.45, 2.75) is 29.6 Å². The smallest absolute Gasteiger partial charge is 0.315 e. The van der Waals surface area contributed by atoms with Crippen LogP contribution in [-0.4, -0.2) is 21.5 Å². The Kier molecular flexibility index (Phi) is 8.46. The molecule has 0 unspecified atom stereocenters. The van der Waals surface area contributed by atoms with Crippen LogP contribution in [0.25, 0.3) is 11.5 Å². The number of cyclic esters (lactones) is 1. The van der Waals surface area contributed by atoms with E-state index in [1.165, 1.54) is 0 Å². The Hall–Kier alpha value is -5.40. The predicted octanol–water partition coefficient (Wildman–Crippen LogP) is 8.20. The first-order chi connectivity index (χ1) is 23.3. The standard InChI is InChI=1S/C41H35NO5S/c1-27-20-22-32(23-21-27)48(44,45)42-37(28-12-5-3-6-13-28)25-35(30-16-11-17-31(24-30)46-2)39-34-19-10-9-18-33(34)36-26-38(47-41(43)40(36)39)29-14-7-4-8-15-29/h3-26,35-36,39-40,42H,1-2H3/b37-25-/t35-,36-,39+,40-/m1/s1. The zero-order valence-electron chi connectivity index (χ0n) is 26.6. The van der Waals surface area contributed by atoms with Crippen molar-refractivity contribution in [1.82, 2.24) is 4.72 Å². The van der Waals surface area contributed by atoms with E-state index in [9.17, 15) is 13.2 Å². The van der Waals surface area contributed by atoms with Crippen LogP contribution in [0.3, 0.4) is 0 Å². The minimum Gasteiger partial charge on any atom is -0.497 e. The van der Waals surface area contributed by atoms with Crippen molar-refractivity contribution in [3.63, 3.8) is 0 Å². The van der Waals surface area contributed by atoms with E-state index in [2.05, 4.69) is 22.9 Å². The fourth-order valence-electron chi connectivity index (χ4n) is 6.93. The Morgan fingerprint density at radius 1 is 0.812 bits per heavy atom. The zero-order valence-corrected chi connectivity index (χ0v) is 27.4. The number of allylic oxidation sites excluding steroid dienone is 2. The van der Waals surface area contributed by atoms with Crippen molar-refractivity contribution in [3.8, 4) is 5.75 Å². The molecule has 1 aliphatic carbocycles. The molecule has 0 aromatic heterocycles. The third kappa shape index (κ3) is 6.05. The predicted molar refractivity (Wildman–Crippen MR) is 188 cm³/mol. The van der Waals surface area contributed by atoms with E-state index in [-0.39, 0.29) is 22.7 Å². The molecule has 6 nitrogen and oxygen atoms in total. The number of sulfonamides is 1. The van der Waals surface area contributed by atoms with Crippen molar-refractivity contribution in [1.29, 1.82) is 0 Å². The maximum Gasteiger partial charge on any atom is 0.315 e. The molecule has 7 rings (SSSR count). The Balaban J connectivity index is 1.41. The van der Waals surface area contributed by atoms with E-state index in [0.717, 1.165) is 27.8 Å². The SMILES string of the molecule is COc1cccc([C@@H](/C=C(\NS(=O)(=O)c2ccc(C)cc2)c2ccccc2)[C@@H]2c3ccccc3[C@H]3C=C(c4ccccc4)OC(=O)[C@@H]23)c1. The summed E-state index contributed by atoms with van der Waals surface area (Å²) < 4.78 is 42.3. The van der Waals surface area contributed by atoms with Gasteiger partial charge >= 0.3 is 5.97 Å². The molecule has 0 bridgehead atoms. The first kappa shape index (κ1) is 31.2. The third-order valence-corrected chi connectivity index (χ3v) is 10.6. The van der Waals surface area contributed by atoms with Gasteiger partial charge in [0.25, 0.3) is 10.0 Å². The summed E-state index contributed by atoms with van der Waals surface area (Å²) in [7, 11) is -2.35. The van der Waals surface area contributed by atoms with Gasteiger partial charge in [0.15, 0.2) is 0 Å². The molecule has 1 heterocycles. The van der Waals surface area contributed by atoms with Gasteiger partial charge in [-0.2, -0.15) is 0 Å². The van der Waals surface area contributed by atoms with Crippen LogP contribution >= 0.6 is 0 Å². The van der Waals surface area contributed by atoms with Gasteiger partial charge in [0.2, 0.25) is 0 Å². The number of esters is 1. The first-order valence-corrected chi connectivity index (χ1v) is 17.4. The zero-order chi connectivity index (χ0) is 33.3. The lowest BCUT2D eigenvalue weighted by Crippen LogP contribution is -2.30. The van der Waals surface area contributed by atoms with E-state index < -0.39 is 21.9 Å². The largest absolute Gasteiger partial charge is 0.497 e. The number of hydrogen-bond donors (Lipinski definition) is 1. The summed E-state index contributed by atoms with van der Waals surface area (Å²) >= 11 is 0. The van der Waals surface area contributed by atoms with Gasteiger partial charge in [-0.25, -0.2) is 8.42 Å². The molecule has 5 aromatic carbocycles. The lowest BCUT2D eigenvalue weighted by molar-refractivity contribution is -0.143. The van der Waals surface area contributed by atoms with Gasteiger partial charge in [-0.05, 0) is 59.5 Å². The molecule has 1 N–H and O–H groups in total. The third-order valence-electron chi connectivity index (χ3n) is 9.23. The molecule has 240 valence electrons. The van der Waals surface area contributed by atoms with E-state index in [4.69, 9.17) is 9.47 Å². The van der Waals surface area contributed by atoms with Crippen LogP contribution < -0.4 is 9.46 Å². The molecule has 2 aliphatic rings. The minimum absolute atomic E-state index is 0.161. The molecule has 48 heavy (non-hydrogen) atoms. The molecule has 0 radical (unpaired) electrons. The maximum absolute atomic E-state index is 14.2. The number of rotatable bonds is 9. The highest BCUT2D eigenvalue weighted by Gasteiger charge is 2.50. The maximum atomic E-state index is 14.2. The van der Waals surface area contributed by atoms with Crippen LogP contribution in [0.2, 0.25) is 0 Å². The van der Waals surface area contributed by atoms with Gasteiger partial charge in [0.1, 0.15) is 11.5 Å². The molecule has 0 spiro atoms. The Morgan fingerprint density at radius 2 is 1.48 bits per heavy atom. The number of aryl methyl sites for hydroxylation is 1. The van der Waals surface area contributed by atoms with Crippen LogP contribution in [0, 0.1) is 12.8 Å². The summed E-state index contributed by atoms with van der Waals surface area (Å²) in [5, 5.41) is 0. The van der Waals surface area contributed by atoms with Gasteiger partial charge in [-0.1, -0.05) is 121 Å². The Morgan fingerprint density at radius 3 is 2.19 bits per heavy atom. The highest BCUT2D eigenvalue weighted by molar-refractivity contribution is 7.89. The molecule has 4 atom stereocenters. The molecular formula is C41H35NO5S. The number of carbonyl (C=O) groups is 1. The van der Waals surface area contributed by atoms with Crippen molar-refractivity contribution < 1.29 is 22.7 Å². The van der Waals surface area contributed by atoms with Crippen LogP contribution in [0.1, 0.15) is 51.1 Å². The lowest BCUT2D eigenvalue weighted by atomic mass is 9.74. The highest BCUT2D eigenvalue weighted by atomic mass is 32.2. The van der Waals surface area contributed by atoms with Crippen LogP contribution in [-0.2, 0) is 19.6 Å². The average molecular weight is 654 g/mol. The van der Waals surface area contributed by atoms with Gasteiger partial charge < -0.3 is 9.47 Å². The number of hydrogen-bond acceptors (Lipinski definition) is 5. The number of fused-ring (bicyclic) bond motifs is 3. The quantitative estimate of drug-likeness (QED) is 0.162. The summed E-state index contributed by atoms with van der Waals surface area (Å²) in [6.45, 7) is 1.92. The first-order valence-electron chi connectivity index (χ1n) is 15.9. The summed E-state index contributed by atoms with van der Waals surface area (Å²) in [6, 6.07) is 41.7. The van der Waals surface area contributed by atoms with E-state index >= 15 is 0 Å². The summed E-state index contributed by atoms with van der Waals surface area (Å²) in [6.07, 6.45) is 4.01. The van der Waals surface area contributed by atoms with Crippen molar-refractivity contribution in [2.75, 3.05) is 7.11 Å². The van der Waals surface area contributed by atoms with Crippen LogP contribution in [0.4, 0.5) is 0 Å². The normalized spacial score (nSPS) is 19.4. The molecular weight excluding hydrogens is 619 g/mol. The van der Waals surface area contributed by atoms with E-state index in [1.54, 1.807) is 31.4 Å². The Bertz CT molecular complexity index is 2120. The van der Waals surface area contributed by atoms with Gasteiger partial charge in [0.05, 0.1) is 23.6 Å². The molecule has 0 saturated carbocycles. The van der Waals surface area contributed by atoms with Gasteiger partial charge in [0, 0.05) is 23.3 Å². The second kappa shape index (κ2) is 13.0. The molecule has 7 heteroatoms. The van der Waals surface area contributed by atoms with Crippen molar-refractivity contribution in [2.24, 2.45) is 5.92 Å². The highest BCUT2D eigenvalue weighted by Crippen LogP contribution is 2.57. The van der Waals surface area contributed by atoms with Crippen LogP contribution in [0.5, 0.6) is 5.75 Å². The number of benzene rings is 5. The number of carbonyl (C=O) groups excluding carboxylic acids is 1. The van der Waals surface area contributed by atoms with Gasteiger partial charge in [-0.3, -0.25) is 9.52 Å². The second-order valence-electron chi connectivity index (χ2n) is 12.2. The summed E-state index contributed by atoms with van der Waals surface area (Å²) in [4.78, 5) is 14.3. The number of nitrogens with one attached hydrogen (secondary N) is 1. The lowest BCUT2D eigenvalue weighted by Gasteiger charge is -2.32. The van der Waals surface area contributed by atoms with E-state index in [0.29, 0.717) is 22.8 Å². The molecule has 5 aromatic rings. The minimum atomic E-state index is -3.97. The molecule has 1 aliphatic heterocycles. The fourth-order valence-corrected chi connectivity index (χ4v) is 8.01. The summed E-state index contributed by atoms with van der Waals surface area (Å²) in [5.74, 6) is -0.713. The van der Waals surface area contributed by atoms with Crippen molar-refractivity contribution in [3.05, 3.63) is 179 Å². The molecule has 0 saturated heterocycles. The number of ether oxygens (including phenoxy) is 2. The monoisotopic (exact) mass is 653 g/mol. The fraction of sp³-hybridized carbons (Fsp3) is 0.146. The van der Waals surface area contributed by atoms with E-state index in [1.807, 2.05) is 110 Å². The average Bonchev–Trinajstić information content (AvgIpc) is 3.45. The van der Waals surface area contributed by atoms with Gasteiger partial charge in [-0.15, -0.1) is 0 Å². The second-order valence-corrected chi connectivity index (χ2v) is 13.9. The number of methoxy groups -OCH3 is 1. The Labute approximate surface area is 281 Å². The topological polar surface area (TPSA) is 81.7 Å².